The zero-order valence-electron chi connectivity index (χ0n) is 18.4. The van der Waals surface area contributed by atoms with Crippen LogP contribution < -0.4 is 5.56 Å². The molecule has 0 radical (unpaired) electrons. The highest BCUT2D eigenvalue weighted by molar-refractivity contribution is 7.25. The highest BCUT2D eigenvalue weighted by Crippen LogP contribution is 2.43. The van der Waals surface area contributed by atoms with Gasteiger partial charge in [-0.05, 0) is 38.1 Å². The minimum Gasteiger partial charge on any atom is -0.464 e. The highest BCUT2D eigenvalue weighted by Gasteiger charge is 2.32. The van der Waals surface area contributed by atoms with Gasteiger partial charge in [-0.25, -0.2) is 9.97 Å². The van der Waals surface area contributed by atoms with Gasteiger partial charge in [0.25, 0.3) is 5.56 Å². The first-order valence-corrected chi connectivity index (χ1v) is 12.3. The zero-order valence-corrected chi connectivity index (χ0v) is 20.7. The van der Waals surface area contributed by atoms with Gasteiger partial charge >= 0.3 is 0 Å². The molecule has 4 aromatic heterocycles. The first kappa shape index (κ1) is 21.8. The molecule has 9 heteroatoms. The summed E-state index contributed by atoms with van der Waals surface area (Å²) in [5.74, 6) is 0.709. The molecule has 0 unspecified atom stereocenters. The average molecular weight is 512 g/mol. The zero-order chi connectivity index (χ0) is 23.6. The quantitative estimate of drug-likeness (QED) is 0.277. The molecule has 5 aromatic rings. The number of aromatic nitrogens is 3. The number of rotatable bonds is 3. The van der Waals surface area contributed by atoms with Crippen LogP contribution in [0.1, 0.15) is 30.7 Å². The lowest BCUT2D eigenvalue weighted by molar-refractivity contribution is -0.0409. The average Bonchev–Trinajstić information content (AvgIpc) is 3.44. The van der Waals surface area contributed by atoms with E-state index in [9.17, 15) is 4.79 Å². The largest absolute Gasteiger partial charge is 0.464 e. The van der Waals surface area contributed by atoms with Crippen molar-refractivity contribution in [2.75, 3.05) is 0 Å². The topological polar surface area (TPSA) is 70.2 Å². The van der Waals surface area contributed by atoms with Crippen LogP contribution in [-0.2, 0) is 24.3 Å². The molecule has 5 heterocycles. The normalized spacial score (nSPS) is 15.2. The molecule has 1 aliphatic rings. The summed E-state index contributed by atoms with van der Waals surface area (Å²) in [4.78, 5) is 23.9. The summed E-state index contributed by atoms with van der Waals surface area (Å²) in [6, 6.07) is 9.06. The Morgan fingerprint density at radius 3 is 2.71 bits per heavy atom. The van der Waals surface area contributed by atoms with E-state index in [1.54, 1.807) is 30.8 Å². The number of nitrogens with zero attached hydrogens (tertiary/aromatic N) is 3. The van der Waals surface area contributed by atoms with Crippen LogP contribution in [0, 0.1) is 0 Å². The number of hydrogen-bond donors (Lipinski definition) is 0. The first-order chi connectivity index (χ1) is 16.3. The standard InChI is InChI=1S/C25H19Cl2N3O3S/c1-25(2)9-17-14(11-33-25)19(18-7-4-8-32-18)20-21-22(34-23(20)29-17)24(31)30(12-28-21)10-13-15(26)5-3-6-16(13)27/h3-8,12H,9-11H2,1-2H3. The van der Waals surface area contributed by atoms with Gasteiger partial charge in [0.1, 0.15) is 15.3 Å². The summed E-state index contributed by atoms with van der Waals surface area (Å²) in [6.45, 7) is 4.75. The molecule has 0 spiro atoms. The summed E-state index contributed by atoms with van der Waals surface area (Å²) < 4.78 is 14.0. The second-order valence-electron chi connectivity index (χ2n) is 8.95. The molecule has 172 valence electrons. The number of benzene rings is 1. The molecule has 6 nitrogen and oxygen atoms in total. The van der Waals surface area contributed by atoms with Gasteiger partial charge in [-0.2, -0.15) is 0 Å². The molecular formula is C25H19Cl2N3O3S. The van der Waals surface area contributed by atoms with Crippen molar-refractivity contribution in [2.24, 2.45) is 0 Å². The summed E-state index contributed by atoms with van der Waals surface area (Å²) in [5, 5.41) is 1.83. The van der Waals surface area contributed by atoms with Gasteiger partial charge in [-0.1, -0.05) is 29.3 Å². The van der Waals surface area contributed by atoms with Crippen molar-refractivity contribution in [3.05, 3.63) is 80.1 Å². The van der Waals surface area contributed by atoms with Crippen molar-refractivity contribution >= 4 is 55.0 Å². The number of halogens is 2. The Labute approximate surface area is 208 Å². The molecule has 0 N–H and O–H groups in total. The van der Waals surface area contributed by atoms with Gasteiger partial charge in [0.2, 0.25) is 0 Å². The number of furan rings is 1. The summed E-state index contributed by atoms with van der Waals surface area (Å²) in [6.07, 6.45) is 3.86. The SMILES string of the molecule is CC1(C)Cc2nc3sc4c(=O)n(Cc5c(Cl)cccc5Cl)cnc4c3c(-c3ccco3)c2CO1. The van der Waals surface area contributed by atoms with Crippen LogP contribution in [0.25, 0.3) is 31.8 Å². The lowest BCUT2D eigenvalue weighted by Crippen LogP contribution is -2.32. The van der Waals surface area contributed by atoms with E-state index in [2.05, 4.69) is 13.8 Å². The molecular weight excluding hydrogens is 493 g/mol. The molecule has 0 bridgehead atoms. The van der Waals surface area contributed by atoms with Gasteiger partial charge in [-0.15, -0.1) is 11.3 Å². The van der Waals surface area contributed by atoms with Crippen LogP contribution in [0.4, 0.5) is 0 Å². The third-order valence-electron chi connectivity index (χ3n) is 6.14. The maximum Gasteiger partial charge on any atom is 0.271 e. The van der Waals surface area contributed by atoms with Crippen LogP contribution >= 0.6 is 34.5 Å². The molecule has 0 atom stereocenters. The molecule has 0 amide bonds. The maximum absolute atomic E-state index is 13.5. The second-order valence-corrected chi connectivity index (χ2v) is 10.8. The minimum atomic E-state index is -0.315. The van der Waals surface area contributed by atoms with Crippen LogP contribution in [-0.4, -0.2) is 20.1 Å². The number of hydrogen-bond acceptors (Lipinski definition) is 6. The molecule has 0 saturated carbocycles. The lowest BCUT2D eigenvalue weighted by Gasteiger charge is -2.32. The van der Waals surface area contributed by atoms with Crippen LogP contribution in [0.5, 0.6) is 0 Å². The number of thiophene rings is 1. The third kappa shape index (κ3) is 3.46. The Balaban J connectivity index is 1.60. The lowest BCUT2D eigenvalue weighted by atomic mass is 9.91. The van der Waals surface area contributed by atoms with Crippen molar-refractivity contribution in [1.29, 1.82) is 0 Å². The van der Waals surface area contributed by atoms with E-state index in [0.717, 1.165) is 27.0 Å². The fourth-order valence-corrected chi connectivity index (χ4v) is 6.08. The molecule has 0 aliphatic carbocycles. The molecule has 6 rings (SSSR count). The predicted octanol–water partition coefficient (Wildman–Crippen LogP) is 6.47. The van der Waals surface area contributed by atoms with E-state index in [1.165, 1.54) is 15.9 Å². The number of pyridine rings is 1. The summed E-state index contributed by atoms with van der Waals surface area (Å²) in [7, 11) is 0. The van der Waals surface area contributed by atoms with Gasteiger partial charge in [-0.3, -0.25) is 9.36 Å². The van der Waals surface area contributed by atoms with Crippen molar-refractivity contribution < 1.29 is 9.15 Å². The van der Waals surface area contributed by atoms with Gasteiger partial charge in [0.05, 0.1) is 42.6 Å². The summed E-state index contributed by atoms with van der Waals surface area (Å²) in [5.41, 5.74) is 3.65. The monoisotopic (exact) mass is 511 g/mol. The van der Waals surface area contributed by atoms with E-state index >= 15 is 0 Å². The van der Waals surface area contributed by atoms with Crippen molar-refractivity contribution in [1.82, 2.24) is 14.5 Å². The first-order valence-electron chi connectivity index (χ1n) is 10.8. The smallest absolute Gasteiger partial charge is 0.271 e. The third-order valence-corrected chi connectivity index (χ3v) is 7.91. The second kappa shape index (κ2) is 7.92. The summed E-state index contributed by atoms with van der Waals surface area (Å²) >= 11 is 14.0. The number of fused-ring (bicyclic) bond motifs is 4. The Morgan fingerprint density at radius 1 is 1.18 bits per heavy atom. The fourth-order valence-electron chi connectivity index (χ4n) is 4.46. The van der Waals surface area contributed by atoms with Crippen LogP contribution in [0.2, 0.25) is 10.0 Å². The predicted molar refractivity (Wildman–Crippen MR) is 135 cm³/mol. The van der Waals surface area contributed by atoms with Crippen molar-refractivity contribution in [3.63, 3.8) is 0 Å². The molecule has 0 saturated heterocycles. The Morgan fingerprint density at radius 2 is 1.97 bits per heavy atom. The molecule has 1 aromatic carbocycles. The number of ether oxygens (including phenoxy) is 1. The van der Waals surface area contributed by atoms with Gasteiger partial charge in [0, 0.05) is 38.5 Å². The van der Waals surface area contributed by atoms with Crippen molar-refractivity contribution in [3.8, 4) is 11.3 Å². The van der Waals surface area contributed by atoms with E-state index in [4.69, 9.17) is 42.3 Å². The van der Waals surface area contributed by atoms with Gasteiger partial charge < -0.3 is 9.15 Å². The van der Waals surface area contributed by atoms with E-state index < -0.39 is 0 Å². The Bertz CT molecular complexity index is 1620. The van der Waals surface area contributed by atoms with Crippen LogP contribution in [0.15, 0.2) is 52.1 Å². The molecule has 34 heavy (non-hydrogen) atoms. The Kier molecular flexibility index (Phi) is 5.08. The minimum absolute atomic E-state index is 0.163. The fraction of sp³-hybridized carbons (Fsp3) is 0.240. The Hall–Kier alpha value is -2.71. The highest BCUT2D eigenvalue weighted by atomic mass is 35.5. The van der Waals surface area contributed by atoms with Crippen molar-refractivity contribution in [2.45, 2.75) is 39.0 Å². The maximum atomic E-state index is 13.5. The van der Waals surface area contributed by atoms with E-state index in [1.807, 2.05) is 12.1 Å². The van der Waals surface area contributed by atoms with E-state index in [0.29, 0.717) is 44.6 Å². The molecule has 0 fully saturated rings. The van der Waals surface area contributed by atoms with Gasteiger partial charge in [0.15, 0.2) is 0 Å². The molecule has 1 aliphatic heterocycles. The van der Waals surface area contributed by atoms with E-state index in [-0.39, 0.29) is 17.7 Å². The van der Waals surface area contributed by atoms with Crippen LogP contribution in [0.3, 0.4) is 0 Å².